The maximum Gasteiger partial charge on any atom is 0.289 e. The molecule has 2 amide bonds. The van der Waals surface area contributed by atoms with E-state index in [9.17, 15) is 9.59 Å². The Morgan fingerprint density at radius 3 is 2.57 bits per heavy atom. The summed E-state index contributed by atoms with van der Waals surface area (Å²) in [6.45, 7) is 7.78. The van der Waals surface area contributed by atoms with E-state index in [1.54, 1.807) is 12.1 Å². The van der Waals surface area contributed by atoms with Crippen LogP contribution < -0.4 is 0 Å². The first kappa shape index (κ1) is 16.1. The molecule has 2 aliphatic heterocycles. The van der Waals surface area contributed by atoms with Crippen molar-refractivity contribution in [3.63, 3.8) is 0 Å². The number of hydrogen-bond acceptors (Lipinski definition) is 4. The molecule has 0 spiro atoms. The Kier molecular flexibility index (Phi) is 4.71. The zero-order valence-corrected chi connectivity index (χ0v) is 13.9. The highest BCUT2D eigenvalue weighted by molar-refractivity contribution is 5.91. The molecule has 0 bridgehead atoms. The van der Waals surface area contributed by atoms with Gasteiger partial charge in [0.2, 0.25) is 5.91 Å². The second-order valence-electron chi connectivity index (χ2n) is 6.59. The molecule has 23 heavy (non-hydrogen) atoms. The highest BCUT2D eigenvalue weighted by Crippen LogP contribution is 2.21. The van der Waals surface area contributed by atoms with Crippen molar-refractivity contribution in [2.45, 2.75) is 38.8 Å². The van der Waals surface area contributed by atoms with Gasteiger partial charge in [0.15, 0.2) is 5.76 Å². The van der Waals surface area contributed by atoms with Gasteiger partial charge in [-0.05, 0) is 38.8 Å². The zero-order valence-electron chi connectivity index (χ0n) is 13.9. The number of carbonyl (C=O) groups is 2. The minimum atomic E-state index is -0.0616. The molecule has 2 saturated heterocycles. The second kappa shape index (κ2) is 6.74. The molecule has 126 valence electrons. The molecule has 0 radical (unpaired) electrons. The molecule has 1 aromatic rings. The first-order valence-corrected chi connectivity index (χ1v) is 8.45. The average Bonchev–Trinajstić information content (AvgIpc) is 3.09. The van der Waals surface area contributed by atoms with E-state index >= 15 is 0 Å². The van der Waals surface area contributed by atoms with Gasteiger partial charge in [-0.15, -0.1) is 0 Å². The fourth-order valence-corrected chi connectivity index (χ4v) is 3.52. The number of furan rings is 1. The van der Waals surface area contributed by atoms with Crippen LogP contribution in [-0.4, -0.2) is 71.3 Å². The number of hydrogen-bond donors (Lipinski definition) is 0. The monoisotopic (exact) mass is 319 g/mol. The molecule has 0 saturated carbocycles. The number of piperazine rings is 1. The summed E-state index contributed by atoms with van der Waals surface area (Å²) in [7, 11) is 0. The van der Waals surface area contributed by atoms with E-state index in [1.165, 1.54) is 6.26 Å². The first-order chi connectivity index (χ1) is 11.1. The lowest BCUT2D eigenvalue weighted by Gasteiger charge is -2.43. The van der Waals surface area contributed by atoms with Gasteiger partial charge in [-0.25, -0.2) is 0 Å². The number of rotatable bonds is 3. The van der Waals surface area contributed by atoms with Gasteiger partial charge in [-0.1, -0.05) is 0 Å². The van der Waals surface area contributed by atoms with E-state index in [4.69, 9.17) is 4.42 Å². The summed E-state index contributed by atoms with van der Waals surface area (Å²) in [5, 5.41) is 0. The first-order valence-electron chi connectivity index (χ1n) is 8.45. The molecule has 6 nitrogen and oxygen atoms in total. The van der Waals surface area contributed by atoms with Crippen molar-refractivity contribution in [3.05, 3.63) is 24.2 Å². The Bertz CT molecular complexity index is 547. The van der Waals surface area contributed by atoms with Crippen molar-refractivity contribution in [3.8, 4) is 0 Å². The molecular weight excluding hydrogens is 294 g/mol. The Hall–Kier alpha value is -1.82. The highest BCUT2D eigenvalue weighted by atomic mass is 16.3. The third kappa shape index (κ3) is 3.27. The Labute approximate surface area is 137 Å². The predicted molar refractivity (Wildman–Crippen MR) is 86.1 cm³/mol. The van der Waals surface area contributed by atoms with Crippen LogP contribution in [0.2, 0.25) is 0 Å². The Morgan fingerprint density at radius 1 is 1.22 bits per heavy atom. The largest absolute Gasteiger partial charge is 0.459 e. The fourth-order valence-electron chi connectivity index (χ4n) is 3.52. The number of piperidine rings is 1. The SMILES string of the molecule is CC(C)N1CCC[C@H](N2CCN(C(=O)c3ccco3)CC2)C1=O. The number of nitrogens with zero attached hydrogens (tertiary/aromatic N) is 3. The quantitative estimate of drug-likeness (QED) is 0.846. The van der Waals surface area contributed by atoms with E-state index < -0.39 is 0 Å². The van der Waals surface area contributed by atoms with Crippen molar-refractivity contribution in [2.24, 2.45) is 0 Å². The zero-order chi connectivity index (χ0) is 16.4. The van der Waals surface area contributed by atoms with Gasteiger partial charge in [0.25, 0.3) is 5.91 Å². The molecule has 0 N–H and O–H groups in total. The normalized spacial score (nSPS) is 23.6. The van der Waals surface area contributed by atoms with Crippen LogP contribution in [0, 0.1) is 0 Å². The van der Waals surface area contributed by atoms with Gasteiger partial charge in [0.05, 0.1) is 12.3 Å². The van der Waals surface area contributed by atoms with Gasteiger partial charge in [-0.2, -0.15) is 0 Å². The van der Waals surface area contributed by atoms with Crippen LogP contribution in [-0.2, 0) is 4.79 Å². The number of carbonyl (C=O) groups excluding carboxylic acids is 2. The van der Waals surface area contributed by atoms with Gasteiger partial charge in [0, 0.05) is 38.8 Å². The molecule has 0 aliphatic carbocycles. The molecule has 0 unspecified atom stereocenters. The summed E-state index contributed by atoms with van der Waals surface area (Å²) in [6, 6.07) is 3.66. The second-order valence-corrected chi connectivity index (χ2v) is 6.59. The Morgan fingerprint density at radius 2 is 1.96 bits per heavy atom. The smallest absolute Gasteiger partial charge is 0.289 e. The van der Waals surface area contributed by atoms with Crippen LogP contribution in [0.3, 0.4) is 0 Å². The molecular formula is C17H25N3O3. The van der Waals surface area contributed by atoms with Crippen LogP contribution in [0.1, 0.15) is 37.2 Å². The molecule has 3 heterocycles. The van der Waals surface area contributed by atoms with Crippen LogP contribution in [0.15, 0.2) is 22.8 Å². The lowest BCUT2D eigenvalue weighted by atomic mass is 10.0. The van der Waals surface area contributed by atoms with Crippen LogP contribution in [0.25, 0.3) is 0 Å². The lowest BCUT2D eigenvalue weighted by Crippen LogP contribution is -2.59. The molecule has 2 aliphatic rings. The molecule has 1 atom stereocenters. The minimum absolute atomic E-state index is 0.0213. The summed E-state index contributed by atoms with van der Waals surface area (Å²) in [5.74, 6) is 0.573. The van der Waals surface area contributed by atoms with Gasteiger partial charge < -0.3 is 14.2 Å². The molecule has 6 heteroatoms. The van der Waals surface area contributed by atoms with E-state index in [-0.39, 0.29) is 23.9 Å². The minimum Gasteiger partial charge on any atom is -0.459 e. The Balaban J connectivity index is 1.58. The van der Waals surface area contributed by atoms with E-state index in [1.807, 2.05) is 9.80 Å². The summed E-state index contributed by atoms with van der Waals surface area (Å²) in [5.41, 5.74) is 0. The van der Waals surface area contributed by atoms with Crippen molar-refractivity contribution in [1.29, 1.82) is 0 Å². The molecule has 0 aromatic carbocycles. The van der Waals surface area contributed by atoms with Gasteiger partial charge in [0.1, 0.15) is 0 Å². The standard InChI is InChI=1S/C17H25N3O3/c1-13(2)20-7-3-5-14(16(20)21)18-8-10-19(11-9-18)17(22)15-6-4-12-23-15/h4,6,12-14H,3,5,7-11H2,1-2H3/t14-/m0/s1. The lowest BCUT2D eigenvalue weighted by molar-refractivity contribution is -0.142. The average molecular weight is 319 g/mol. The van der Waals surface area contributed by atoms with Crippen molar-refractivity contribution in [2.75, 3.05) is 32.7 Å². The topological polar surface area (TPSA) is 57.0 Å². The fraction of sp³-hybridized carbons (Fsp3) is 0.647. The van der Waals surface area contributed by atoms with E-state index in [2.05, 4.69) is 18.7 Å². The molecule has 2 fully saturated rings. The third-order valence-corrected chi connectivity index (χ3v) is 4.84. The van der Waals surface area contributed by atoms with Crippen molar-refractivity contribution in [1.82, 2.24) is 14.7 Å². The maximum atomic E-state index is 12.7. The van der Waals surface area contributed by atoms with Crippen LogP contribution >= 0.6 is 0 Å². The van der Waals surface area contributed by atoms with E-state index in [0.29, 0.717) is 18.8 Å². The molecule has 3 rings (SSSR count). The summed E-state index contributed by atoms with van der Waals surface area (Å²) in [6.07, 6.45) is 3.50. The van der Waals surface area contributed by atoms with Gasteiger partial charge >= 0.3 is 0 Å². The number of likely N-dealkylation sites (tertiary alicyclic amines) is 1. The van der Waals surface area contributed by atoms with Crippen LogP contribution in [0.5, 0.6) is 0 Å². The third-order valence-electron chi connectivity index (χ3n) is 4.84. The summed E-state index contributed by atoms with van der Waals surface area (Å²) < 4.78 is 5.18. The van der Waals surface area contributed by atoms with Gasteiger partial charge in [-0.3, -0.25) is 14.5 Å². The van der Waals surface area contributed by atoms with E-state index in [0.717, 1.165) is 32.5 Å². The highest BCUT2D eigenvalue weighted by Gasteiger charge is 2.36. The summed E-state index contributed by atoms with van der Waals surface area (Å²) in [4.78, 5) is 31.0. The predicted octanol–water partition coefficient (Wildman–Crippen LogP) is 1.44. The van der Waals surface area contributed by atoms with Crippen molar-refractivity contribution >= 4 is 11.8 Å². The van der Waals surface area contributed by atoms with Crippen LogP contribution in [0.4, 0.5) is 0 Å². The maximum absolute atomic E-state index is 12.7. The summed E-state index contributed by atoms with van der Waals surface area (Å²) >= 11 is 0. The van der Waals surface area contributed by atoms with Crippen molar-refractivity contribution < 1.29 is 14.0 Å². The number of amides is 2. The molecule has 1 aromatic heterocycles.